The Morgan fingerprint density at radius 1 is 1.13 bits per heavy atom. The average molecular weight is 428 g/mol. The SMILES string of the molecule is CC1=CC[C@H](O[C@@H]2O[C@H](CO)[C@@H](O)[C@H](O)[C@H]2O)C(C)=C[C@@H](O)[C@H]2[C@H](C1)OC(=O)[C@H]2C. The quantitative estimate of drug-likeness (QED) is 0.294. The number of carbonyl (C=O) groups is 1. The zero-order valence-electron chi connectivity index (χ0n) is 17.4. The summed E-state index contributed by atoms with van der Waals surface area (Å²) in [6, 6.07) is 0. The summed E-state index contributed by atoms with van der Waals surface area (Å²) in [5.41, 5.74) is 1.63. The molecule has 0 amide bonds. The van der Waals surface area contributed by atoms with Gasteiger partial charge in [-0.1, -0.05) is 24.6 Å². The maximum absolute atomic E-state index is 12.0. The summed E-state index contributed by atoms with van der Waals surface area (Å²) in [5, 5.41) is 50.4. The van der Waals surface area contributed by atoms with Gasteiger partial charge in [-0.3, -0.25) is 4.79 Å². The van der Waals surface area contributed by atoms with Crippen molar-refractivity contribution < 1.29 is 44.5 Å². The van der Waals surface area contributed by atoms with Crippen molar-refractivity contribution in [1.29, 1.82) is 0 Å². The van der Waals surface area contributed by atoms with Crippen LogP contribution < -0.4 is 0 Å². The first-order chi connectivity index (χ1) is 14.1. The van der Waals surface area contributed by atoms with Crippen LogP contribution in [0.2, 0.25) is 0 Å². The summed E-state index contributed by atoms with van der Waals surface area (Å²) in [6.07, 6.45) is -4.30. The van der Waals surface area contributed by atoms with Gasteiger partial charge >= 0.3 is 5.97 Å². The Morgan fingerprint density at radius 2 is 1.83 bits per heavy atom. The molecule has 2 saturated heterocycles. The van der Waals surface area contributed by atoms with Crippen LogP contribution in [0.3, 0.4) is 0 Å². The normalized spacial score (nSPS) is 45.3. The van der Waals surface area contributed by atoms with E-state index < -0.39 is 61.5 Å². The lowest BCUT2D eigenvalue weighted by molar-refractivity contribution is -0.308. The molecule has 10 atom stereocenters. The fourth-order valence-corrected chi connectivity index (χ4v) is 4.39. The highest BCUT2D eigenvalue weighted by atomic mass is 16.7. The van der Waals surface area contributed by atoms with E-state index in [-0.39, 0.29) is 11.9 Å². The number of ether oxygens (including phenoxy) is 3. The van der Waals surface area contributed by atoms with Gasteiger partial charge in [0.2, 0.25) is 0 Å². The number of aliphatic hydroxyl groups excluding tert-OH is 5. The predicted octanol–water partition coefficient (Wildman–Crippen LogP) is -0.604. The molecule has 2 heterocycles. The fraction of sp³-hybridized carbons (Fsp3) is 0.762. The van der Waals surface area contributed by atoms with Gasteiger partial charge in [-0.05, 0) is 25.8 Å². The number of aliphatic hydroxyl groups is 5. The minimum Gasteiger partial charge on any atom is -0.461 e. The van der Waals surface area contributed by atoms with Crippen molar-refractivity contribution in [3.63, 3.8) is 0 Å². The molecular formula is C21H32O9. The van der Waals surface area contributed by atoms with E-state index in [1.165, 1.54) is 0 Å². The molecule has 0 unspecified atom stereocenters. The average Bonchev–Trinajstić information content (AvgIpc) is 2.97. The molecule has 0 saturated carbocycles. The Labute approximate surface area is 175 Å². The third kappa shape index (κ3) is 4.62. The molecule has 170 valence electrons. The van der Waals surface area contributed by atoms with Crippen LogP contribution >= 0.6 is 0 Å². The minimum absolute atomic E-state index is 0.323. The van der Waals surface area contributed by atoms with E-state index in [1.54, 1.807) is 19.9 Å². The lowest BCUT2D eigenvalue weighted by Gasteiger charge is -2.41. The van der Waals surface area contributed by atoms with Crippen molar-refractivity contribution in [1.82, 2.24) is 0 Å². The van der Waals surface area contributed by atoms with Gasteiger partial charge in [-0.15, -0.1) is 0 Å². The molecule has 0 aromatic heterocycles. The van der Waals surface area contributed by atoms with Gasteiger partial charge in [-0.25, -0.2) is 0 Å². The zero-order chi connectivity index (χ0) is 22.2. The van der Waals surface area contributed by atoms with Crippen molar-refractivity contribution in [3.05, 3.63) is 23.3 Å². The molecule has 2 aliphatic heterocycles. The van der Waals surface area contributed by atoms with Crippen molar-refractivity contribution in [2.45, 2.75) is 82.6 Å². The van der Waals surface area contributed by atoms with Crippen LogP contribution in [-0.2, 0) is 19.0 Å². The molecule has 9 heteroatoms. The molecule has 0 spiro atoms. The summed E-state index contributed by atoms with van der Waals surface area (Å²) in [6.45, 7) is 4.87. The third-order valence-corrected chi connectivity index (χ3v) is 6.33. The number of rotatable bonds is 3. The van der Waals surface area contributed by atoms with Gasteiger partial charge in [0.05, 0.1) is 24.7 Å². The second-order valence-electron chi connectivity index (χ2n) is 8.55. The smallest absolute Gasteiger partial charge is 0.309 e. The Bertz CT molecular complexity index is 688. The van der Waals surface area contributed by atoms with Gasteiger partial charge < -0.3 is 39.7 Å². The maximum atomic E-state index is 12.0. The minimum atomic E-state index is -1.53. The van der Waals surface area contributed by atoms with E-state index in [4.69, 9.17) is 14.2 Å². The second-order valence-corrected chi connectivity index (χ2v) is 8.55. The molecule has 9 nitrogen and oxygen atoms in total. The molecule has 30 heavy (non-hydrogen) atoms. The Morgan fingerprint density at radius 3 is 2.50 bits per heavy atom. The monoisotopic (exact) mass is 428 g/mol. The zero-order valence-corrected chi connectivity index (χ0v) is 17.4. The number of fused-ring (bicyclic) bond motifs is 1. The maximum Gasteiger partial charge on any atom is 0.309 e. The number of esters is 1. The number of carbonyl (C=O) groups excluding carboxylic acids is 1. The molecule has 1 aliphatic carbocycles. The number of hydrogen-bond donors (Lipinski definition) is 5. The second kappa shape index (κ2) is 9.44. The predicted molar refractivity (Wildman–Crippen MR) is 104 cm³/mol. The van der Waals surface area contributed by atoms with E-state index in [0.29, 0.717) is 18.4 Å². The molecule has 0 aromatic rings. The standard InChI is InChI=1S/C21H32O9/c1-9-4-5-13(29-21-19(26)18(25)17(24)15(8-22)30-21)10(2)7-12(23)16-11(3)20(27)28-14(16)6-9/h4,7,11-19,21-26H,5-6,8H2,1-3H3/t11-,12+,13-,14-,15+,16-,17+,18-,19+,21+/m0/s1. The largest absolute Gasteiger partial charge is 0.461 e. The Kier molecular flexibility index (Phi) is 7.34. The highest BCUT2D eigenvalue weighted by Gasteiger charge is 2.47. The highest BCUT2D eigenvalue weighted by Crippen LogP contribution is 2.36. The van der Waals surface area contributed by atoms with E-state index >= 15 is 0 Å². The summed E-state index contributed by atoms with van der Waals surface area (Å²) in [4.78, 5) is 12.0. The van der Waals surface area contributed by atoms with Crippen LogP contribution in [0, 0.1) is 11.8 Å². The first-order valence-corrected chi connectivity index (χ1v) is 10.3. The molecule has 3 aliphatic rings. The van der Waals surface area contributed by atoms with Crippen molar-refractivity contribution in [2.24, 2.45) is 11.8 Å². The van der Waals surface area contributed by atoms with Gasteiger partial charge in [0, 0.05) is 12.3 Å². The van der Waals surface area contributed by atoms with Gasteiger partial charge in [-0.2, -0.15) is 0 Å². The van der Waals surface area contributed by atoms with Gasteiger partial charge in [0.1, 0.15) is 30.5 Å². The number of hydrogen-bond acceptors (Lipinski definition) is 9. The molecule has 0 bridgehead atoms. The summed E-state index contributed by atoms with van der Waals surface area (Å²) < 4.78 is 16.8. The van der Waals surface area contributed by atoms with Gasteiger partial charge in [0.15, 0.2) is 6.29 Å². The first kappa shape index (κ1) is 23.3. The molecule has 2 fully saturated rings. The van der Waals surface area contributed by atoms with Crippen LogP contribution in [0.1, 0.15) is 33.6 Å². The van der Waals surface area contributed by atoms with Crippen molar-refractivity contribution in [2.75, 3.05) is 6.61 Å². The Balaban J connectivity index is 1.83. The van der Waals surface area contributed by atoms with E-state index in [0.717, 1.165) is 5.57 Å². The van der Waals surface area contributed by atoms with E-state index in [1.807, 2.05) is 13.0 Å². The summed E-state index contributed by atoms with van der Waals surface area (Å²) in [5.74, 6) is -1.15. The lowest BCUT2D eigenvalue weighted by atomic mass is 9.82. The van der Waals surface area contributed by atoms with Crippen molar-refractivity contribution >= 4 is 5.97 Å². The van der Waals surface area contributed by atoms with E-state index in [2.05, 4.69) is 0 Å². The third-order valence-electron chi connectivity index (χ3n) is 6.33. The molecule has 3 rings (SSSR count). The highest BCUT2D eigenvalue weighted by molar-refractivity contribution is 5.75. The molecule has 0 radical (unpaired) electrons. The molecule has 0 aromatic carbocycles. The van der Waals surface area contributed by atoms with Crippen LogP contribution in [0.25, 0.3) is 0 Å². The molecule has 5 N–H and O–H groups in total. The van der Waals surface area contributed by atoms with Gasteiger partial charge in [0.25, 0.3) is 0 Å². The van der Waals surface area contributed by atoms with Crippen LogP contribution in [0.15, 0.2) is 23.3 Å². The van der Waals surface area contributed by atoms with Crippen LogP contribution in [0.4, 0.5) is 0 Å². The fourth-order valence-electron chi connectivity index (χ4n) is 4.39. The lowest BCUT2D eigenvalue weighted by Crippen LogP contribution is -2.59. The first-order valence-electron chi connectivity index (χ1n) is 10.3. The van der Waals surface area contributed by atoms with Crippen LogP contribution in [-0.4, -0.2) is 87.1 Å². The molecular weight excluding hydrogens is 396 g/mol. The van der Waals surface area contributed by atoms with E-state index in [9.17, 15) is 30.3 Å². The topological polar surface area (TPSA) is 146 Å². The van der Waals surface area contributed by atoms with Crippen LogP contribution in [0.5, 0.6) is 0 Å². The Hall–Kier alpha value is -1.33. The summed E-state index contributed by atoms with van der Waals surface area (Å²) in [7, 11) is 0. The summed E-state index contributed by atoms with van der Waals surface area (Å²) >= 11 is 0. The van der Waals surface area contributed by atoms with Crippen molar-refractivity contribution in [3.8, 4) is 0 Å².